The molecule has 2 aliphatic rings. The summed E-state index contributed by atoms with van der Waals surface area (Å²) in [6.07, 6.45) is 5.91. The summed E-state index contributed by atoms with van der Waals surface area (Å²) in [5.74, 6) is 0.764. The highest BCUT2D eigenvalue weighted by Gasteiger charge is 2.23. The van der Waals surface area contributed by atoms with Crippen LogP contribution >= 0.6 is 0 Å². The number of hydrogen-bond donors (Lipinski definition) is 3. The Morgan fingerprint density at radius 3 is 2.84 bits per heavy atom. The normalized spacial score (nSPS) is 22.2. The predicted molar refractivity (Wildman–Crippen MR) is 94.5 cm³/mol. The molecule has 3 heterocycles. The van der Waals surface area contributed by atoms with Crippen molar-refractivity contribution in [3.63, 3.8) is 0 Å². The van der Waals surface area contributed by atoms with Crippen LogP contribution in [0.3, 0.4) is 0 Å². The van der Waals surface area contributed by atoms with Crippen molar-refractivity contribution in [3.8, 4) is 0 Å². The SMILES string of the molecule is O=C(NCCCN1CCCC[C@H]1CO)N1CCN(c2ncn[nH]2)CC1. The third kappa shape index (κ3) is 4.82. The van der Waals surface area contributed by atoms with Crippen LogP contribution in [0.4, 0.5) is 10.7 Å². The van der Waals surface area contributed by atoms with Crippen molar-refractivity contribution in [1.29, 1.82) is 0 Å². The summed E-state index contributed by atoms with van der Waals surface area (Å²) in [5, 5.41) is 19.2. The number of amides is 2. The van der Waals surface area contributed by atoms with Gasteiger partial charge in [-0.3, -0.25) is 4.90 Å². The summed E-state index contributed by atoms with van der Waals surface area (Å²) in [5.41, 5.74) is 0. The topological polar surface area (TPSA) is 101 Å². The van der Waals surface area contributed by atoms with Crippen LogP contribution in [0.25, 0.3) is 0 Å². The molecule has 25 heavy (non-hydrogen) atoms. The Morgan fingerprint density at radius 2 is 2.12 bits per heavy atom. The Labute approximate surface area is 148 Å². The number of hydrogen-bond acceptors (Lipinski definition) is 6. The Morgan fingerprint density at radius 1 is 1.28 bits per heavy atom. The minimum atomic E-state index is 0.00886. The van der Waals surface area contributed by atoms with E-state index < -0.39 is 0 Å². The molecule has 3 rings (SSSR count). The molecular formula is C16H29N7O2. The monoisotopic (exact) mass is 351 g/mol. The molecular weight excluding hydrogens is 322 g/mol. The van der Waals surface area contributed by atoms with Gasteiger partial charge in [0.05, 0.1) is 6.61 Å². The third-order valence-electron chi connectivity index (χ3n) is 5.13. The van der Waals surface area contributed by atoms with E-state index in [1.807, 2.05) is 4.90 Å². The number of carbonyl (C=O) groups excluding carboxylic acids is 1. The first-order valence-electron chi connectivity index (χ1n) is 9.26. The molecule has 2 fully saturated rings. The van der Waals surface area contributed by atoms with Crippen LogP contribution in [-0.4, -0.2) is 94.6 Å². The van der Waals surface area contributed by atoms with E-state index in [0.29, 0.717) is 25.7 Å². The van der Waals surface area contributed by atoms with Gasteiger partial charge in [-0.2, -0.15) is 10.1 Å². The number of nitrogens with zero attached hydrogens (tertiary/aromatic N) is 5. The van der Waals surface area contributed by atoms with Gasteiger partial charge in [-0.25, -0.2) is 9.89 Å². The first kappa shape index (κ1) is 17.9. The highest BCUT2D eigenvalue weighted by Crippen LogP contribution is 2.16. The Kier molecular flexibility index (Phi) is 6.46. The number of nitrogens with one attached hydrogen (secondary N) is 2. The lowest BCUT2D eigenvalue weighted by atomic mass is 10.0. The van der Waals surface area contributed by atoms with Gasteiger partial charge in [0.15, 0.2) is 0 Å². The summed E-state index contributed by atoms with van der Waals surface area (Å²) < 4.78 is 0. The number of carbonyl (C=O) groups is 1. The minimum absolute atomic E-state index is 0.00886. The number of aromatic nitrogens is 3. The number of aliphatic hydroxyl groups is 1. The zero-order valence-electron chi connectivity index (χ0n) is 14.7. The molecule has 0 spiro atoms. The average molecular weight is 351 g/mol. The Balaban J connectivity index is 1.32. The van der Waals surface area contributed by atoms with E-state index in [9.17, 15) is 9.90 Å². The number of aliphatic hydroxyl groups excluding tert-OH is 1. The molecule has 140 valence electrons. The number of piperazine rings is 1. The molecule has 0 aliphatic carbocycles. The van der Waals surface area contributed by atoms with Crippen LogP contribution in [0.15, 0.2) is 6.33 Å². The van der Waals surface area contributed by atoms with Gasteiger partial charge in [0.2, 0.25) is 5.95 Å². The lowest BCUT2D eigenvalue weighted by Crippen LogP contribution is -2.52. The minimum Gasteiger partial charge on any atom is -0.395 e. The molecule has 2 aliphatic heterocycles. The number of rotatable bonds is 6. The molecule has 9 nitrogen and oxygen atoms in total. The van der Waals surface area contributed by atoms with Gasteiger partial charge >= 0.3 is 6.03 Å². The van der Waals surface area contributed by atoms with Crippen molar-refractivity contribution in [1.82, 2.24) is 30.3 Å². The van der Waals surface area contributed by atoms with Gasteiger partial charge < -0.3 is 20.2 Å². The number of piperidine rings is 1. The number of aromatic amines is 1. The maximum atomic E-state index is 12.3. The van der Waals surface area contributed by atoms with Crippen molar-refractivity contribution in [2.24, 2.45) is 0 Å². The largest absolute Gasteiger partial charge is 0.395 e. The van der Waals surface area contributed by atoms with Crippen LogP contribution in [0.1, 0.15) is 25.7 Å². The second kappa shape index (κ2) is 9.00. The number of H-pyrrole nitrogens is 1. The second-order valence-corrected chi connectivity index (χ2v) is 6.74. The molecule has 0 bridgehead atoms. The molecule has 0 saturated carbocycles. The standard InChI is InChI=1S/C16H29N7O2/c24-12-14-4-1-2-6-21(14)7-3-5-17-16(25)23-10-8-22(9-11-23)15-18-13-19-20-15/h13-14,24H,1-12H2,(H,17,25)(H,18,19,20)/t14-/m0/s1. The fourth-order valence-electron chi connectivity index (χ4n) is 3.62. The van der Waals surface area contributed by atoms with Gasteiger partial charge in [-0.05, 0) is 25.8 Å². The van der Waals surface area contributed by atoms with E-state index in [-0.39, 0.29) is 12.6 Å². The van der Waals surface area contributed by atoms with Crippen LogP contribution in [0, 0.1) is 0 Å². The van der Waals surface area contributed by atoms with Crippen molar-refractivity contribution >= 4 is 12.0 Å². The molecule has 0 radical (unpaired) electrons. The molecule has 0 aromatic carbocycles. The predicted octanol–water partition coefficient (Wildman–Crippen LogP) is -0.127. The van der Waals surface area contributed by atoms with Crippen molar-refractivity contribution < 1.29 is 9.90 Å². The van der Waals surface area contributed by atoms with E-state index in [1.54, 1.807) is 0 Å². The lowest BCUT2D eigenvalue weighted by Gasteiger charge is -2.35. The smallest absolute Gasteiger partial charge is 0.317 e. The van der Waals surface area contributed by atoms with Gasteiger partial charge in [-0.15, -0.1) is 0 Å². The molecule has 1 aromatic heterocycles. The van der Waals surface area contributed by atoms with Gasteiger partial charge in [0, 0.05) is 45.3 Å². The van der Waals surface area contributed by atoms with Crippen molar-refractivity contribution in [2.45, 2.75) is 31.7 Å². The van der Waals surface area contributed by atoms with Gasteiger partial charge in [0.25, 0.3) is 0 Å². The van der Waals surface area contributed by atoms with E-state index in [4.69, 9.17) is 0 Å². The maximum Gasteiger partial charge on any atom is 0.317 e. The summed E-state index contributed by atoms with van der Waals surface area (Å²) in [6, 6.07) is 0.309. The van der Waals surface area contributed by atoms with E-state index >= 15 is 0 Å². The molecule has 2 amide bonds. The Hall–Kier alpha value is -1.87. The number of urea groups is 1. The first-order valence-corrected chi connectivity index (χ1v) is 9.26. The zero-order valence-corrected chi connectivity index (χ0v) is 14.7. The van der Waals surface area contributed by atoms with Crippen LogP contribution in [0.2, 0.25) is 0 Å². The first-order chi connectivity index (χ1) is 12.3. The van der Waals surface area contributed by atoms with Crippen molar-refractivity contribution in [3.05, 3.63) is 6.33 Å². The highest BCUT2D eigenvalue weighted by atomic mass is 16.3. The zero-order chi connectivity index (χ0) is 17.5. The molecule has 0 unspecified atom stereocenters. The highest BCUT2D eigenvalue weighted by molar-refractivity contribution is 5.74. The summed E-state index contributed by atoms with van der Waals surface area (Å²) >= 11 is 0. The summed E-state index contributed by atoms with van der Waals surface area (Å²) in [6.45, 7) is 5.80. The van der Waals surface area contributed by atoms with Crippen molar-refractivity contribution in [2.75, 3.05) is 57.3 Å². The molecule has 2 saturated heterocycles. The fraction of sp³-hybridized carbons (Fsp3) is 0.812. The average Bonchev–Trinajstić information content (AvgIpc) is 3.20. The lowest BCUT2D eigenvalue weighted by molar-refractivity contribution is 0.0892. The number of anilines is 1. The third-order valence-corrected chi connectivity index (χ3v) is 5.13. The fourth-order valence-corrected chi connectivity index (χ4v) is 3.62. The van der Waals surface area contributed by atoms with Gasteiger partial charge in [-0.1, -0.05) is 6.42 Å². The summed E-state index contributed by atoms with van der Waals surface area (Å²) in [4.78, 5) is 22.7. The summed E-state index contributed by atoms with van der Waals surface area (Å²) in [7, 11) is 0. The van der Waals surface area contributed by atoms with Gasteiger partial charge in [0.1, 0.15) is 6.33 Å². The van der Waals surface area contributed by atoms with Crippen LogP contribution < -0.4 is 10.2 Å². The second-order valence-electron chi connectivity index (χ2n) is 6.74. The Bertz CT molecular complexity index is 517. The molecule has 9 heteroatoms. The maximum absolute atomic E-state index is 12.3. The molecule has 3 N–H and O–H groups in total. The quantitative estimate of drug-likeness (QED) is 0.618. The van der Waals surface area contributed by atoms with E-state index in [2.05, 4.69) is 30.3 Å². The van der Waals surface area contributed by atoms with Crippen LogP contribution in [0.5, 0.6) is 0 Å². The molecule has 1 atom stereocenters. The van der Waals surface area contributed by atoms with E-state index in [1.165, 1.54) is 19.2 Å². The molecule has 1 aromatic rings. The van der Waals surface area contributed by atoms with E-state index in [0.717, 1.165) is 45.0 Å². The number of likely N-dealkylation sites (tertiary alicyclic amines) is 1. The van der Waals surface area contributed by atoms with Crippen LogP contribution in [-0.2, 0) is 0 Å².